The first-order chi connectivity index (χ1) is 8.59. The van der Waals surface area contributed by atoms with Gasteiger partial charge in [0.15, 0.2) is 0 Å². The Morgan fingerprint density at radius 3 is 2.72 bits per heavy atom. The minimum absolute atomic E-state index is 0.302. The predicted molar refractivity (Wildman–Crippen MR) is 75.4 cm³/mol. The molecular formula is C14H17BrN2O. The number of hydrogen-bond donors (Lipinski definition) is 1. The van der Waals surface area contributed by atoms with Gasteiger partial charge in [0.2, 0.25) is 0 Å². The Hall–Kier alpha value is -1.13. The SMILES string of the molecule is CC(C)n1cncc1C(O)Cc1ccccc1Br. The molecule has 2 rings (SSSR count). The van der Waals surface area contributed by atoms with Crippen LogP contribution in [0.3, 0.4) is 0 Å². The highest BCUT2D eigenvalue weighted by Gasteiger charge is 2.16. The van der Waals surface area contributed by atoms with E-state index in [-0.39, 0.29) is 0 Å². The molecule has 0 fully saturated rings. The molecule has 0 bridgehead atoms. The van der Waals surface area contributed by atoms with E-state index in [4.69, 9.17) is 0 Å². The summed E-state index contributed by atoms with van der Waals surface area (Å²) in [5.74, 6) is 0. The monoisotopic (exact) mass is 308 g/mol. The molecule has 1 heterocycles. The first-order valence-corrected chi connectivity index (χ1v) is 6.82. The molecule has 1 aromatic heterocycles. The lowest BCUT2D eigenvalue weighted by molar-refractivity contribution is 0.167. The highest BCUT2D eigenvalue weighted by molar-refractivity contribution is 9.10. The van der Waals surface area contributed by atoms with E-state index in [1.807, 2.05) is 28.8 Å². The number of rotatable bonds is 4. The molecule has 0 amide bonds. The van der Waals surface area contributed by atoms with E-state index in [2.05, 4.69) is 34.8 Å². The standard InChI is InChI=1S/C14H17BrN2O/c1-10(2)17-9-16-8-13(17)14(18)7-11-5-3-4-6-12(11)15/h3-6,8-10,14,18H,7H2,1-2H3. The average Bonchev–Trinajstić information content (AvgIpc) is 2.81. The van der Waals surface area contributed by atoms with E-state index in [1.165, 1.54) is 0 Å². The van der Waals surface area contributed by atoms with Gasteiger partial charge in [-0.05, 0) is 25.5 Å². The molecule has 2 aromatic rings. The maximum absolute atomic E-state index is 10.3. The van der Waals surface area contributed by atoms with Gasteiger partial charge < -0.3 is 9.67 Å². The molecule has 1 N–H and O–H groups in total. The van der Waals surface area contributed by atoms with Crippen molar-refractivity contribution in [2.75, 3.05) is 0 Å². The van der Waals surface area contributed by atoms with E-state index in [0.29, 0.717) is 12.5 Å². The Morgan fingerprint density at radius 1 is 1.33 bits per heavy atom. The maximum atomic E-state index is 10.3. The van der Waals surface area contributed by atoms with Gasteiger partial charge >= 0.3 is 0 Å². The topological polar surface area (TPSA) is 38.0 Å². The molecule has 0 aliphatic carbocycles. The van der Waals surface area contributed by atoms with Gasteiger partial charge in [-0.2, -0.15) is 0 Å². The van der Waals surface area contributed by atoms with E-state index < -0.39 is 6.10 Å². The summed E-state index contributed by atoms with van der Waals surface area (Å²) in [6.07, 6.45) is 3.55. The fourth-order valence-electron chi connectivity index (χ4n) is 1.98. The van der Waals surface area contributed by atoms with E-state index in [0.717, 1.165) is 15.7 Å². The van der Waals surface area contributed by atoms with Gasteiger partial charge in [0.05, 0.1) is 24.3 Å². The first kappa shape index (κ1) is 13.3. The maximum Gasteiger partial charge on any atom is 0.0996 e. The Balaban J connectivity index is 2.20. The van der Waals surface area contributed by atoms with E-state index in [1.54, 1.807) is 12.5 Å². The van der Waals surface area contributed by atoms with Crippen LogP contribution in [-0.4, -0.2) is 14.7 Å². The third-order valence-electron chi connectivity index (χ3n) is 2.96. The lowest BCUT2D eigenvalue weighted by Crippen LogP contribution is -2.11. The van der Waals surface area contributed by atoms with Crippen molar-refractivity contribution in [2.45, 2.75) is 32.4 Å². The molecule has 4 heteroatoms. The van der Waals surface area contributed by atoms with Gasteiger partial charge in [0, 0.05) is 16.9 Å². The number of aliphatic hydroxyl groups is 1. The Morgan fingerprint density at radius 2 is 2.06 bits per heavy atom. The van der Waals surface area contributed by atoms with Crippen LogP contribution in [0, 0.1) is 0 Å². The molecule has 1 unspecified atom stereocenters. The first-order valence-electron chi connectivity index (χ1n) is 6.02. The van der Waals surface area contributed by atoms with Crippen molar-refractivity contribution in [2.24, 2.45) is 0 Å². The van der Waals surface area contributed by atoms with Crippen LogP contribution in [-0.2, 0) is 6.42 Å². The molecule has 0 saturated heterocycles. The Kier molecular flexibility index (Phi) is 4.19. The highest BCUT2D eigenvalue weighted by Crippen LogP contribution is 2.24. The summed E-state index contributed by atoms with van der Waals surface area (Å²) in [6.45, 7) is 4.16. The molecule has 0 saturated carbocycles. The van der Waals surface area contributed by atoms with Crippen LogP contribution in [0.4, 0.5) is 0 Å². The van der Waals surface area contributed by atoms with Crippen LogP contribution in [0.1, 0.15) is 37.3 Å². The van der Waals surface area contributed by atoms with Gasteiger partial charge in [-0.1, -0.05) is 34.1 Å². The second kappa shape index (κ2) is 5.67. The van der Waals surface area contributed by atoms with Crippen molar-refractivity contribution >= 4 is 15.9 Å². The number of benzene rings is 1. The van der Waals surface area contributed by atoms with Gasteiger partial charge in [-0.15, -0.1) is 0 Å². The van der Waals surface area contributed by atoms with Crippen molar-refractivity contribution in [1.82, 2.24) is 9.55 Å². The average molecular weight is 309 g/mol. The molecule has 96 valence electrons. The molecular weight excluding hydrogens is 292 g/mol. The highest BCUT2D eigenvalue weighted by atomic mass is 79.9. The predicted octanol–water partition coefficient (Wildman–Crippen LogP) is 3.50. The molecule has 0 aliphatic rings. The fraction of sp³-hybridized carbons (Fsp3) is 0.357. The van der Waals surface area contributed by atoms with Crippen LogP contribution < -0.4 is 0 Å². The summed E-state index contributed by atoms with van der Waals surface area (Å²) < 4.78 is 3.03. The summed E-state index contributed by atoms with van der Waals surface area (Å²) in [4.78, 5) is 4.12. The van der Waals surface area contributed by atoms with Gasteiger partial charge in [0.1, 0.15) is 0 Å². The lowest BCUT2D eigenvalue weighted by atomic mass is 10.1. The van der Waals surface area contributed by atoms with Crippen LogP contribution in [0.2, 0.25) is 0 Å². The van der Waals surface area contributed by atoms with Crippen molar-refractivity contribution in [3.63, 3.8) is 0 Å². The van der Waals surface area contributed by atoms with E-state index >= 15 is 0 Å². The number of imidazole rings is 1. The Labute approximate surface area is 116 Å². The minimum Gasteiger partial charge on any atom is -0.386 e. The summed E-state index contributed by atoms with van der Waals surface area (Å²) >= 11 is 3.50. The third-order valence-corrected chi connectivity index (χ3v) is 3.74. The van der Waals surface area contributed by atoms with Crippen LogP contribution in [0.25, 0.3) is 0 Å². The number of hydrogen-bond acceptors (Lipinski definition) is 2. The summed E-state index contributed by atoms with van der Waals surface area (Å²) in [6, 6.07) is 8.26. The zero-order valence-electron chi connectivity index (χ0n) is 10.5. The molecule has 1 atom stereocenters. The van der Waals surface area contributed by atoms with Crippen LogP contribution in [0.15, 0.2) is 41.3 Å². The minimum atomic E-state index is -0.534. The summed E-state index contributed by atoms with van der Waals surface area (Å²) in [5.41, 5.74) is 1.96. The van der Waals surface area contributed by atoms with Crippen LogP contribution >= 0.6 is 15.9 Å². The normalized spacial score (nSPS) is 12.9. The smallest absolute Gasteiger partial charge is 0.0996 e. The van der Waals surface area contributed by atoms with Gasteiger partial charge in [-0.25, -0.2) is 4.98 Å². The van der Waals surface area contributed by atoms with Crippen molar-refractivity contribution in [3.05, 3.63) is 52.5 Å². The second-order valence-electron chi connectivity index (χ2n) is 4.63. The van der Waals surface area contributed by atoms with Crippen molar-refractivity contribution < 1.29 is 5.11 Å². The number of halogens is 1. The quantitative estimate of drug-likeness (QED) is 0.938. The molecule has 0 spiro atoms. The van der Waals surface area contributed by atoms with Crippen molar-refractivity contribution in [3.8, 4) is 0 Å². The zero-order chi connectivity index (χ0) is 13.1. The Bertz CT molecular complexity index is 522. The summed E-state index contributed by atoms with van der Waals surface area (Å²) in [5, 5.41) is 10.3. The fourth-order valence-corrected chi connectivity index (χ4v) is 2.43. The largest absolute Gasteiger partial charge is 0.386 e. The molecule has 18 heavy (non-hydrogen) atoms. The van der Waals surface area contributed by atoms with Gasteiger partial charge in [0.25, 0.3) is 0 Å². The number of nitrogens with zero attached hydrogens (tertiary/aromatic N) is 2. The second-order valence-corrected chi connectivity index (χ2v) is 5.49. The molecule has 0 aliphatic heterocycles. The lowest BCUT2D eigenvalue weighted by Gasteiger charge is -2.17. The molecule has 3 nitrogen and oxygen atoms in total. The van der Waals surface area contributed by atoms with E-state index in [9.17, 15) is 5.11 Å². The number of aromatic nitrogens is 2. The molecule has 1 aromatic carbocycles. The van der Waals surface area contributed by atoms with Crippen LogP contribution in [0.5, 0.6) is 0 Å². The van der Waals surface area contributed by atoms with Crippen molar-refractivity contribution in [1.29, 1.82) is 0 Å². The van der Waals surface area contributed by atoms with Gasteiger partial charge in [-0.3, -0.25) is 0 Å². The number of aliphatic hydroxyl groups excluding tert-OH is 1. The molecule has 0 radical (unpaired) electrons. The summed E-state index contributed by atoms with van der Waals surface area (Å²) in [7, 11) is 0. The zero-order valence-corrected chi connectivity index (χ0v) is 12.1. The third kappa shape index (κ3) is 2.82.